The third kappa shape index (κ3) is 4.52. The molecule has 116 valence electrons. The lowest BCUT2D eigenvalue weighted by atomic mass is 10.4. The molecule has 8 nitrogen and oxygen atoms in total. The van der Waals surface area contributed by atoms with Crippen LogP contribution < -0.4 is 10.6 Å². The van der Waals surface area contributed by atoms with E-state index in [1.807, 2.05) is 6.92 Å². The minimum absolute atomic E-state index is 0.0916. The molecule has 0 saturated heterocycles. The third-order valence-electron chi connectivity index (χ3n) is 3.43. The van der Waals surface area contributed by atoms with E-state index in [0.29, 0.717) is 18.5 Å². The van der Waals surface area contributed by atoms with E-state index < -0.39 is 4.92 Å². The number of nitrogens with zero attached hydrogens (tertiary/aromatic N) is 4. The fourth-order valence-corrected chi connectivity index (χ4v) is 2.01. The molecule has 1 aliphatic carbocycles. The van der Waals surface area contributed by atoms with Crippen molar-refractivity contribution in [2.24, 2.45) is 0 Å². The highest BCUT2D eigenvalue weighted by atomic mass is 16.6. The maximum absolute atomic E-state index is 11.0. The molecular weight excluding hydrogens is 272 g/mol. The summed E-state index contributed by atoms with van der Waals surface area (Å²) >= 11 is 0. The van der Waals surface area contributed by atoms with Crippen molar-refractivity contribution in [1.82, 2.24) is 14.9 Å². The lowest BCUT2D eigenvalue weighted by Crippen LogP contribution is -2.27. The van der Waals surface area contributed by atoms with Gasteiger partial charge in [0.05, 0.1) is 4.92 Å². The number of rotatable bonds is 9. The summed E-state index contributed by atoms with van der Waals surface area (Å²) in [4.78, 5) is 21.0. The van der Waals surface area contributed by atoms with Gasteiger partial charge in [0.25, 0.3) is 0 Å². The van der Waals surface area contributed by atoms with Gasteiger partial charge in [-0.3, -0.25) is 10.1 Å². The minimum atomic E-state index is -0.462. The van der Waals surface area contributed by atoms with Crippen molar-refractivity contribution in [3.63, 3.8) is 0 Å². The van der Waals surface area contributed by atoms with Crippen molar-refractivity contribution in [2.75, 3.05) is 37.3 Å². The molecule has 0 amide bonds. The van der Waals surface area contributed by atoms with Crippen molar-refractivity contribution < 1.29 is 4.92 Å². The van der Waals surface area contributed by atoms with Crippen LogP contribution in [0, 0.1) is 10.1 Å². The molecule has 0 atom stereocenters. The Hall–Kier alpha value is -1.96. The molecule has 1 aliphatic rings. The van der Waals surface area contributed by atoms with Crippen LogP contribution in [-0.2, 0) is 0 Å². The highest BCUT2D eigenvalue weighted by Crippen LogP contribution is 2.25. The molecule has 0 spiro atoms. The second-order valence-corrected chi connectivity index (χ2v) is 5.25. The molecule has 0 unspecified atom stereocenters. The predicted molar refractivity (Wildman–Crippen MR) is 81.6 cm³/mol. The molecule has 2 N–H and O–H groups in total. The second-order valence-electron chi connectivity index (χ2n) is 5.25. The van der Waals surface area contributed by atoms with Gasteiger partial charge in [-0.25, -0.2) is 4.98 Å². The van der Waals surface area contributed by atoms with Crippen LogP contribution in [0.3, 0.4) is 0 Å². The molecule has 2 rings (SSSR count). The molecule has 0 aromatic carbocycles. The van der Waals surface area contributed by atoms with E-state index in [-0.39, 0.29) is 11.5 Å². The van der Waals surface area contributed by atoms with Gasteiger partial charge in [0.1, 0.15) is 6.20 Å². The van der Waals surface area contributed by atoms with E-state index >= 15 is 0 Å². The van der Waals surface area contributed by atoms with Crippen molar-refractivity contribution >= 4 is 17.5 Å². The van der Waals surface area contributed by atoms with Gasteiger partial charge < -0.3 is 15.5 Å². The molecule has 0 aliphatic heterocycles. The van der Waals surface area contributed by atoms with Gasteiger partial charge in [-0.15, -0.1) is 0 Å². The zero-order valence-electron chi connectivity index (χ0n) is 12.5. The fraction of sp³-hybridized carbons (Fsp3) is 0.692. The van der Waals surface area contributed by atoms with Gasteiger partial charge in [-0.05, 0) is 26.3 Å². The summed E-state index contributed by atoms with van der Waals surface area (Å²) < 4.78 is 0. The number of nitrogens with one attached hydrogen (secondary N) is 2. The van der Waals surface area contributed by atoms with Crippen LogP contribution in [0.1, 0.15) is 26.2 Å². The van der Waals surface area contributed by atoms with Gasteiger partial charge in [-0.2, -0.15) is 4.98 Å². The Morgan fingerprint density at radius 1 is 1.43 bits per heavy atom. The number of anilines is 2. The first kappa shape index (κ1) is 15.4. The van der Waals surface area contributed by atoms with Crippen molar-refractivity contribution in [1.29, 1.82) is 0 Å². The first-order valence-corrected chi connectivity index (χ1v) is 7.31. The van der Waals surface area contributed by atoms with E-state index in [4.69, 9.17) is 0 Å². The average Bonchev–Trinajstić information content (AvgIpc) is 3.29. The molecule has 1 fully saturated rings. The normalized spacial score (nSPS) is 14.2. The molecule has 0 bridgehead atoms. The van der Waals surface area contributed by atoms with Gasteiger partial charge in [0, 0.05) is 25.7 Å². The van der Waals surface area contributed by atoms with Crippen molar-refractivity contribution in [2.45, 2.75) is 32.2 Å². The van der Waals surface area contributed by atoms with Crippen LogP contribution in [-0.4, -0.2) is 52.5 Å². The summed E-state index contributed by atoms with van der Waals surface area (Å²) in [7, 11) is 2.07. The Morgan fingerprint density at radius 2 is 2.19 bits per heavy atom. The summed E-state index contributed by atoms with van der Waals surface area (Å²) in [5.41, 5.74) is -0.0916. The van der Waals surface area contributed by atoms with Crippen molar-refractivity contribution in [3.05, 3.63) is 16.3 Å². The van der Waals surface area contributed by atoms with E-state index in [1.165, 1.54) is 19.0 Å². The summed E-state index contributed by atoms with van der Waals surface area (Å²) in [5.74, 6) is 0.693. The maximum atomic E-state index is 11.0. The Labute approximate surface area is 124 Å². The molecular formula is C13H22N6O2. The van der Waals surface area contributed by atoms with Gasteiger partial charge >= 0.3 is 5.69 Å². The Morgan fingerprint density at radius 3 is 2.81 bits per heavy atom. The summed E-state index contributed by atoms with van der Waals surface area (Å²) in [5, 5.41) is 17.1. The van der Waals surface area contributed by atoms with E-state index in [9.17, 15) is 10.1 Å². The van der Waals surface area contributed by atoms with E-state index in [2.05, 4.69) is 32.5 Å². The lowest BCUT2D eigenvalue weighted by Gasteiger charge is -2.16. The lowest BCUT2D eigenvalue weighted by molar-refractivity contribution is -0.384. The Kier molecular flexibility index (Phi) is 5.26. The number of hydrogen-bond acceptors (Lipinski definition) is 7. The highest BCUT2D eigenvalue weighted by molar-refractivity contribution is 5.56. The number of likely N-dealkylation sites (N-methyl/N-ethyl adjacent to an activating group) is 1. The summed E-state index contributed by atoms with van der Waals surface area (Å²) in [6.45, 7) is 4.23. The highest BCUT2D eigenvalue weighted by Gasteiger charge is 2.25. The smallest absolute Gasteiger partial charge is 0.329 e. The molecule has 1 aromatic heterocycles. The largest absolute Gasteiger partial charge is 0.363 e. The van der Waals surface area contributed by atoms with Gasteiger partial charge in [0.2, 0.25) is 11.8 Å². The molecule has 1 heterocycles. The average molecular weight is 294 g/mol. The zero-order valence-corrected chi connectivity index (χ0v) is 12.5. The molecule has 8 heteroatoms. The Bertz CT molecular complexity index is 492. The van der Waals surface area contributed by atoms with E-state index in [1.54, 1.807) is 0 Å². The van der Waals surface area contributed by atoms with Crippen LogP contribution in [0.5, 0.6) is 0 Å². The molecule has 1 aromatic rings. The van der Waals surface area contributed by atoms with Gasteiger partial charge in [-0.1, -0.05) is 6.92 Å². The zero-order chi connectivity index (χ0) is 15.2. The SMILES string of the molecule is CCCNc1ncc([N+](=O)[O-])c(NCCN(C)C2CC2)n1. The first-order valence-electron chi connectivity index (χ1n) is 7.31. The first-order chi connectivity index (χ1) is 10.1. The standard InChI is InChI=1S/C13H22N6O2/c1-3-6-15-13-16-9-11(19(20)21)12(17-13)14-7-8-18(2)10-4-5-10/h9-10H,3-8H2,1-2H3,(H2,14,15,16,17). The Balaban J connectivity index is 1.97. The third-order valence-corrected chi connectivity index (χ3v) is 3.43. The predicted octanol–water partition coefficient (Wildman–Crippen LogP) is 1.71. The van der Waals surface area contributed by atoms with Gasteiger partial charge in [0.15, 0.2) is 0 Å². The number of aromatic nitrogens is 2. The summed E-state index contributed by atoms with van der Waals surface area (Å²) in [6, 6.07) is 0.675. The van der Waals surface area contributed by atoms with Crippen LogP contribution >= 0.6 is 0 Å². The topological polar surface area (TPSA) is 96.2 Å². The van der Waals surface area contributed by atoms with Crippen LogP contribution in [0.2, 0.25) is 0 Å². The summed E-state index contributed by atoms with van der Waals surface area (Å²) in [6.07, 6.45) is 4.68. The number of nitro groups is 1. The monoisotopic (exact) mass is 294 g/mol. The minimum Gasteiger partial charge on any atom is -0.363 e. The maximum Gasteiger partial charge on any atom is 0.329 e. The quantitative estimate of drug-likeness (QED) is 0.528. The molecule has 0 radical (unpaired) electrons. The van der Waals surface area contributed by atoms with E-state index in [0.717, 1.165) is 19.5 Å². The van der Waals surface area contributed by atoms with Crippen molar-refractivity contribution in [3.8, 4) is 0 Å². The van der Waals surface area contributed by atoms with Crippen LogP contribution in [0.25, 0.3) is 0 Å². The fourth-order valence-electron chi connectivity index (χ4n) is 2.01. The molecule has 21 heavy (non-hydrogen) atoms. The second kappa shape index (κ2) is 7.16. The molecule has 1 saturated carbocycles. The van der Waals surface area contributed by atoms with Crippen LogP contribution in [0.4, 0.5) is 17.5 Å². The number of hydrogen-bond donors (Lipinski definition) is 2. The van der Waals surface area contributed by atoms with Crippen LogP contribution in [0.15, 0.2) is 6.20 Å².